The smallest absolute Gasteiger partial charge is 0.242 e. The molecule has 0 radical (unpaired) electrons. The third kappa shape index (κ3) is 6.05. The van der Waals surface area contributed by atoms with E-state index in [0.29, 0.717) is 12.5 Å². The van der Waals surface area contributed by atoms with E-state index >= 15 is 0 Å². The summed E-state index contributed by atoms with van der Waals surface area (Å²) in [5.41, 5.74) is 0. The van der Waals surface area contributed by atoms with E-state index in [4.69, 9.17) is 0 Å². The van der Waals surface area contributed by atoms with Gasteiger partial charge in [-0.25, -0.2) is 0 Å². The maximum Gasteiger partial charge on any atom is 0.242 e. The third-order valence-electron chi connectivity index (χ3n) is 3.38. The van der Waals surface area contributed by atoms with Crippen LogP contribution in [-0.2, 0) is 9.59 Å². The highest BCUT2D eigenvalue weighted by Gasteiger charge is 2.20. The molecule has 19 heavy (non-hydrogen) atoms. The number of likely N-dealkylation sites (N-methyl/N-ethyl adjacent to an activating group) is 1. The molecular formula is C14H27N3O2. The summed E-state index contributed by atoms with van der Waals surface area (Å²) in [6.45, 7) is 6.93. The van der Waals surface area contributed by atoms with Crippen LogP contribution in [0.5, 0.6) is 0 Å². The van der Waals surface area contributed by atoms with Gasteiger partial charge in [-0.05, 0) is 25.8 Å². The molecule has 0 saturated carbocycles. The molecule has 1 N–H and O–H groups in total. The zero-order valence-corrected chi connectivity index (χ0v) is 12.4. The van der Waals surface area contributed by atoms with Crippen molar-refractivity contribution in [2.45, 2.75) is 45.6 Å². The number of hydrogen-bond acceptors (Lipinski definition) is 3. The van der Waals surface area contributed by atoms with Gasteiger partial charge >= 0.3 is 0 Å². The van der Waals surface area contributed by atoms with Crippen molar-refractivity contribution in [1.82, 2.24) is 15.1 Å². The Morgan fingerprint density at radius 2 is 1.89 bits per heavy atom. The minimum Gasteiger partial charge on any atom is -0.341 e. The fraction of sp³-hybridized carbons (Fsp3) is 0.857. The lowest BCUT2D eigenvalue weighted by atomic mass is 10.2. The maximum atomic E-state index is 11.9. The zero-order chi connectivity index (χ0) is 14.3. The summed E-state index contributed by atoms with van der Waals surface area (Å²) in [5.74, 6) is 0.131. The van der Waals surface area contributed by atoms with Crippen LogP contribution in [0.25, 0.3) is 0 Å². The summed E-state index contributed by atoms with van der Waals surface area (Å²) in [6, 6.07) is 0.449. The maximum absolute atomic E-state index is 11.9. The van der Waals surface area contributed by atoms with Crippen molar-refractivity contribution in [3.8, 4) is 0 Å². The number of carbonyl (C=O) groups excluding carboxylic acids is 2. The Hall–Kier alpha value is -1.10. The summed E-state index contributed by atoms with van der Waals surface area (Å²) in [5, 5.41) is 3.28. The average Bonchev–Trinajstić information content (AvgIpc) is 2.87. The summed E-state index contributed by atoms with van der Waals surface area (Å²) < 4.78 is 0. The van der Waals surface area contributed by atoms with Crippen molar-refractivity contribution in [1.29, 1.82) is 0 Å². The molecule has 1 aliphatic heterocycles. The first-order chi connectivity index (χ1) is 9.00. The fourth-order valence-electron chi connectivity index (χ4n) is 2.18. The van der Waals surface area contributed by atoms with Gasteiger partial charge in [0, 0.05) is 32.6 Å². The van der Waals surface area contributed by atoms with Crippen LogP contribution < -0.4 is 5.32 Å². The van der Waals surface area contributed by atoms with Crippen molar-refractivity contribution < 1.29 is 9.59 Å². The molecule has 0 aromatic rings. The highest BCUT2D eigenvalue weighted by atomic mass is 16.2. The first kappa shape index (κ1) is 16.0. The topological polar surface area (TPSA) is 52.7 Å². The Kier molecular flexibility index (Phi) is 6.84. The van der Waals surface area contributed by atoms with Crippen LogP contribution >= 0.6 is 0 Å². The van der Waals surface area contributed by atoms with E-state index in [1.165, 1.54) is 0 Å². The number of nitrogens with one attached hydrogen (secondary N) is 1. The molecule has 0 aromatic heterocycles. The summed E-state index contributed by atoms with van der Waals surface area (Å²) in [6.07, 6.45) is 3.50. The van der Waals surface area contributed by atoms with E-state index in [-0.39, 0.29) is 18.4 Å². The average molecular weight is 269 g/mol. The fourth-order valence-corrected chi connectivity index (χ4v) is 2.18. The van der Waals surface area contributed by atoms with Gasteiger partial charge in [0.2, 0.25) is 11.8 Å². The molecule has 2 amide bonds. The van der Waals surface area contributed by atoms with Gasteiger partial charge in [0.05, 0.1) is 6.54 Å². The van der Waals surface area contributed by atoms with E-state index in [9.17, 15) is 9.59 Å². The zero-order valence-electron chi connectivity index (χ0n) is 12.4. The molecule has 0 aromatic carbocycles. The van der Waals surface area contributed by atoms with E-state index in [0.717, 1.165) is 38.9 Å². The molecule has 1 aliphatic rings. The first-order valence-corrected chi connectivity index (χ1v) is 7.26. The molecular weight excluding hydrogens is 242 g/mol. The van der Waals surface area contributed by atoms with Gasteiger partial charge in [-0.15, -0.1) is 0 Å². The third-order valence-corrected chi connectivity index (χ3v) is 3.38. The quantitative estimate of drug-likeness (QED) is 0.697. The summed E-state index contributed by atoms with van der Waals surface area (Å²) in [7, 11) is 1.71. The lowest BCUT2D eigenvalue weighted by Crippen LogP contribution is -2.40. The predicted octanol–water partition coefficient (Wildman–Crippen LogP) is 0.845. The van der Waals surface area contributed by atoms with Crippen LogP contribution in [0.1, 0.15) is 39.5 Å². The molecule has 0 aliphatic carbocycles. The number of amides is 2. The molecule has 1 rings (SSSR count). The second-order valence-electron chi connectivity index (χ2n) is 5.55. The number of rotatable bonds is 7. The lowest BCUT2D eigenvalue weighted by molar-refractivity contribution is -0.138. The molecule has 1 saturated heterocycles. The highest BCUT2D eigenvalue weighted by Crippen LogP contribution is 2.08. The lowest BCUT2D eigenvalue weighted by Gasteiger charge is -2.21. The van der Waals surface area contributed by atoms with Gasteiger partial charge in [-0.1, -0.05) is 13.8 Å². The molecule has 110 valence electrons. The van der Waals surface area contributed by atoms with Gasteiger partial charge in [0.1, 0.15) is 0 Å². The minimum absolute atomic E-state index is 0.0538. The normalized spacial score (nSPS) is 15.1. The highest BCUT2D eigenvalue weighted by molar-refractivity contribution is 5.84. The van der Waals surface area contributed by atoms with E-state index in [2.05, 4.69) is 19.2 Å². The molecule has 0 bridgehead atoms. The van der Waals surface area contributed by atoms with Gasteiger partial charge in [-0.3, -0.25) is 9.59 Å². The molecule has 0 atom stereocenters. The summed E-state index contributed by atoms with van der Waals surface area (Å²) >= 11 is 0. The Balaban J connectivity index is 2.18. The van der Waals surface area contributed by atoms with E-state index < -0.39 is 0 Å². The van der Waals surface area contributed by atoms with E-state index in [1.54, 1.807) is 11.9 Å². The minimum atomic E-state index is 0.0538. The van der Waals surface area contributed by atoms with Crippen LogP contribution in [0.3, 0.4) is 0 Å². The van der Waals surface area contributed by atoms with Crippen molar-refractivity contribution >= 4 is 11.8 Å². The number of carbonyl (C=O) groups is 2. The van der Waals surface area contributed by atoms with Crippen molar-refractivity contribution in [2.75, 3.05) is 33.2 Å². The largest absolute Gasteiger partial charge is 0.341 e. The summed E-state index contributed by atoms with van der Waals surface area (Å²) in [4.78, 5) is 27.2. The van der Waals surface area contributed by atoms with Crippen LogP contribution in [0.15, 0.2) is 0 Å². The van der Waals surface area contributed by atoms with Gasteiger partial charge in [-0.2, -0.15) is 0 Å². The van der Waals surface area contributed by atoms with Crippen LogP contribution in [0.2, 0.25) is 0 Å². The Morgan fingerprint density at radius 1 is 1.26 bits per heavy atom. The molecule has 0 spiro atoms. The van der Waals surface area contributed by atoms with Gasteiger partial charge in [0.15, 0.2) is 0 Å². The second kappa shape index (κ2) is 8.15. The Bertz CT molecular complexity index is 299. The van der Waals surface area contributed by atoms with Gasteiger partial charge in [0.25, 0.3) is 0 Å². The molecule has 5 heteroatoms. The van der Waals surface area contributed by atoms with Crippen LogP contribution in [0, 0.1) is 0 Å². The van der Waals surface area contributed by atoms with Crippen LogP contribution in [0.4, 0.5) is 0 Å². The standard InChI is InChI=1S/C14H27N3O2/c1-12(2)15-8-6-7-13(18)16(3)11-14(19)17-9-4-5-10-17/h12,15H,4-11H2,1-3H3. The van der Waals surface area contributed by atoms with E-state index in [1.807, 2.05) is 4.90 Å². The molecule has 1 fully saturated rings. The number of nitrogens with zero attached hydrogens (tertiary/aromatic N) is 2. The van der Waals surface area contributed by atoms with Crippen molar-refractivity contribution in [3.05, 3.63) is 0 Å². The van der Waals surface area contributed by atoms with Crippen molar-refractivity contribution in [2.24, 2.45) is 0 Å². The molecule has 5 nitrogen and oxygen atoms in total. The monoisotopic (exact) mass is 269 g/mol. The number of likely N-dealkylation sites (tertiary alicyclic amines) is 1. The first-order valence-electron chi connectivity index (χ1n) is 7.26. The van der Waals surface area contributed by atoms with Crippen LogP contribution in [-0.4, -0.2) is 60.9 Å². The van der Waals surface area contributed by atoms with Gasteiger partial charge < -0.3 is 15.1 Å². The SMILES string of the molecule is CC(C)NCCCC(=O)N(C)CC(=O)N1CCCC1. The Labute approximate surface area is 116 Å². The van der Waals surface area contributed by atoms with Crippen molar-refractivity contribution in [3.63, 3.8) is 0 Å². The number of hydrogen-bond donors (Lipinski definition) is 1. The second-order valence-corrected chi connectivity index (χ2v) is 5.55. The Morgan fingerprint density at radius 3 is 2.47 bits per heavy atom. The molecule has 0 unspecified atom stereocenters. The molecule has 1 heterocycles. The predicted molar refractivity (Wildman–Crippen MR) is 75.8 cm³/mol.